The summed E-state index contributed by atoms with van der Waals surface area (Å²) in [5.41, 5.74) is 0.787. The fraction of sp³-hybridized carbons (Fsp3) is 0.214. The van der Waals surface area contributed by atoms with Gasteiger partial charge in [0.05, 0.1) is 14.2 Å². The van der Waals surface area contributed by atoms with Crippen LogP contribution in [0.4, 0.5) is 4.79 Å². The molecule has 1 heterocycles. The highest BCUT2D eigenvalue weighted by atomic mass is 16.5. The molecule has 0 aromatic heterocycles. The molecule has 1 fully saturated rings. The van der Waals surface area contributed by atoms with E-state index in [1.165, 1.54) is 20.3 Å². The van der Waals surface area contributed by atoms with E-state index in [-0.39, 0.29) is 5.70 Å². The number of ether oxygens (including phenoxy) is 2. The maximum absolute atomic E-state index is 12.1. The van der Waals surface area contributed by atoms with Crippen LogP contribution in [0.1, 0.15) is 5.56 Å². The van der Waals surface area contributed by atoms with Crippen LogP contribution in [0.2, 0.25) is 0 Å². The number of esters is 1. The van der Waals surface area contributed by atoms with Gasteiger partial charge in [-0.05, 0) is 23.8 Å². The number of hydrogen-bond donors (Lipinski definition) is 1. The van der Waals surface area contributed by atoms with E-state index in [9.17, 15) is 14.4 Å². The van der Waals surface area contributed by atoms with Crippen molar-refractivity contribution in [1.82, 2.24) is 10.2 Å². The quantitative estimate of drug-likeness (QED) is 0.503. The number of carbonyl (C=O) groups is 3. The maximum atomic E-state index is 12.1. The van der Waals surface area contributed by atoms with Gasteiger partial charge in [0.1, 0.15) is 18.0 Å². The van der Waals surface area contributed by atoms with Crippen LogP contribution in [0.3, 0.4) is 0 Å². The lowest BCUT2D eigenvalue weighted by Crippen LogP contribution is -2.36. The van der Waals surface area contributed by atoms with Gasteiger partial charge in [-0.15, -0.1) is 0 Å². The number of nitrogens with one attached hydrogen (secondary N) is 1. The Bertz CT molecular complexity index is 624. The van der Waals surface area contributed by atoms with Gasteiger partial charge >= 0.3 is 12.0 Å². The summed E-state index contributed by atoms with van der Waals surface area (Å²) in [5, 5.41) is 2.42. The molecule has 3 amide bonds. The Balaban J connectivity index is 2.21. The first kappa shape index (κ1) is 14.6. The van der Waals surface area contributed by atoms with Crippen molar-refractivity contribution in [2.45, 2.75) is 0 Å². The summed E-state index contributed by atoms with van der Waals surface area (Å²) in [6.45, 7) is -0.420. The molecule has 1 aromatic carbocycles. The van der Waals surface area contributed by atoms with E-state index >= 15 is 0 Å². The number of urea groups is 1. The molecule has 7 nitrogen and oxygen atoms in total. The highest BCUT2D eigenvalue weighted by Crippen LogP contribution is 2.17. The lowest BCUT2D eigenvalue weighted by molar-refractivity contribution is -0.143. The van der Waals surface area contributed by atoms with Gasteiger partial charge in [0.25, 0.3) is 5.91 Å². The van der Waals surface area contributed by atoms with E-state index in [0.717, 1.165) is 4.90 Å². The number of imide groups is 1. The standard InChI is InChI=1S/C14H14N2O5/c1-20-10-5-3-4-9(6-10)7-11-13(18)16(14(19)15-11)8-12(17)21-2/h3-7H,8H2,1-2H3,(H,15,19). The second kappa shape index (κ2) is 6.08. The Labute approximate surface area is 121 Å². The average molecular weight is 290 g/mol. The van der Waals surface area contributed by atoms with Crippen LogP contribution < -0.4 is 10.1 Å². The Kier molecular flexibility index (Phi) is 4.22. The minimum Gasteiger partial charge on any atom is -0.497 e. The summed E-state index contributed by atoms with van der Waals surface area (Å²) in [4.78, 5) is 35.7. The number of methoxy groups -OCH3 is 2. The van der Waals surface area contributed by atoms with Crippen molar-refractivity contribution < 1.29 is 23.9 Å². The van der Waals surface area contributed by atoms with Gasteiger partial charge < -0.3 is 14.8 Å². The molecule has 7 heteroatoms. The molecule has 0 aliphatic carbocycles. The molecule has 0 spiro atoms. The molecular formula is C14H14N2O5. The van der Waals surface area contributed by atoms with Crippen molar-refractivity contribution in [1.29, 1.82) is 0 Å². The van der Waals surface area contributed by atoms with Gasteiger partial charge in [0.2, 0.25) is 0 Å². The molecule has 1 aromatic rings. The van der Waals surface area contributed by atoms with E-state index < -0.39 is 24.5 Å². The highest BCUT2D eigenvalue weighted by molar-refractivity contribution is 6.15. The maximum Gasteiger partial charge on any atom is 0.329 e. The van der Waals surface area contributed by atoms with Gasteiger partial charge in [0, 0.05) is 0 Å². The van der Waals surface area contributed by atoms with E-state index in [1.807, 2.05) is 0 Å². The second-order valence-electron chi connectivity index (χ2n) is 4.23. The number of nitrogens with zero attached hydrogens (tertiary/aromatic N) is 1. The zero-order valence-corrected chi connectivity index (χ0v) is 11.6. The molecular weight excluding hydrogens is 276 g/mol. The van der Waals surface area contributed by atoms with Crippen molar-refractivity contribution in [3.8, 4) is 5.75 Å². The molecule has 2 rings (SSSR count). The average Bonchev–Trinajstić information content (AvgIpc) is 2.75. The summed E-state index contributed by atoms with van der Waals surface area (Å²) in [7, 11) is 2.72. The molecule has 0 saturated carbocycles. The third-order valence-electron chi connectivity index (χ3n) is 2.88. The monoisotopic (exact) mass is 290 g/mol. The first-order chi connectivity index (χ1) is 10.0. The zero-order chi connectivity index (χ0) is 15.4. The van der Waals surface area contributed by atoms with Crippen LogP contribution in [-0.4, -0.2) is 43.6 Å². The van der Waals surface area contributed by atoms with Crippen LogP contribution in [0.25, 0.3) is 6.08 Å². The summed E-state index contributed by atoms with van der Waals surface area (Å²) in [5.74, 6) is -0.609. The molecule has 0 atom stereocenters. The minimum absolute atomic E-state index is 0.0946. The smallest absolute Gasteiger partial charge is 0.329 e. The topological polar surface area (TPSA) is 84.9 Å². The van der Waals surface area contributed by atoms with Gasteiger partial charge in [-0.1, -0.05) is 12.1 Å². The molecule has 1 aliphatic heterocycles. The van der Waals surface area contributed by atoms with E-state index in [1.54, 1.807) is 24.3 Å². The number of benzene rings is 1. The third kappa shape index (κ3) is 3.19. The van der Waals surface area contributed by atoms with Crippen LogP contribution in [-0.2, 0) is 14.3 Å². The molecule has 110 valence electrons. The largest absolute Gasteiger partial charge is 0.497 e. The number of carbonyl (C=O) groups excluding carboxylic acids is 3. The van der Waals surface area contributed by atoms with Gasteiger partial charge in [0.15, 0.2) is 0 Å². The Morgan fingerprint density at radius 1 is 1.33 bits per heavy atom. The van der Waals surface area contributed by atoms with Gasteiger partial charge in [-0.25, -0.2) is 9.69 Å². The Morgan fingerprint density at radius 2 is 2.10 bits per heavy atom. The summed E-state index contributed by atoms with van der Waals surface area (Å²) >= 11 is 0. The molecule has 0 bridgehead atoms. The van der Waals surface area contributed by atoms with Crippen LogP contribution in [0.5, 0.6) is 5.75 Å². The van der Waals surface area contributed by atoms with Crippen molar-refractivity contribution in [2.24, 2.45) is 0 Å². The highest BCUT2D eigenvalue weighted by Gasteiger charge is 2.35. The summed E-state index contributed by atoms with van der Waals surface area (Å²) < 4.78 is 9.53. The van der Waals surface area contributed by atoms with Gasteiger partial charge in [-0.3, -0.25) is 9.59 Å². The van der Waals surface area contributed by atoms with Crippen LogP contribution >= 0.6 is 0 Å². The zero-order valence-electron chi connectivity index (χ0n) is 11.6. The number of rotatable bonds is 4. The molecule has 1 N–H and O–H groups in total. The third-order valence-corrected chi connectivity index (χ3v) is 2.88. The van der Waals surface area contributed by atoms with Crippen molar-refractivity contribution in [2.75, 3.05) is 20.8 Å². The normalized spacial score (nSPS) is 16.1. The second-order valence-corrected chi connectivity index (χ2v) is 4.23. The lowest BCUT2D eigenvalue weighted by Gasteiger charge is -2.09. The predicted molar refractivity (Wildman–Crippen MR) is 73.2 cm³/mol. The predicted octanol–water partition coefficient (Wildman–Crippen LogP) is 0.761. The van der Waals surface area contributed by atoms with Crippen molar-refractivity contribution >= 4 is 24.0 Å². The SMILES string of the molecule is COC(=O)CN1C(=O)NC(=Cc2cccc(OC)c2)C1=O. The molecule has 21 heavy (non-hydrogen) atoms. The molecule has 0 unspecified atom stereocenters. The fourth-order valence-electron chi connectivity index (χ4n) is 1.81. The van der Waals surface area contributed by atoms with E-state index in [2.05, 4.69) is 10.1 Å². The van der Waals surface area contributed by atoms with Crippen molar-refractivity contribution in [3.05, 3.63) is 35.5 Å². The number of hydrogen-bond acceptors (Lipinski definition) is 5. The first-order valence-corrected chi connectivity index (χ1v) is 6.10. The Morgan fingerprint density at radius 3 is 2.76 bits per heavy atom. The lowest BCUT2D eigenvalue weighted by atomic mass is 10.2. The molecule has 0 radical (unpaired) electrons. The van der Waals surface area contributed by atoms with Gasteiger partial charge in [-0.2, -0.15) is 0 Å². The van der Waals surface area contributed by atoms with E-state index in [4.69, 9.17) is 4.74 Å². The molecule has 1 aliphatic rings. The minimum atomic E-state index is -0.666. The van der Waals surface area contributed by atoms with Crippen LogP contribution in [0, 0.1) is 0 Å². The molecule has 1 saturated heterocycles. The van der Waals surface area contributed by atoms with E-state index in [0.29, 0.717) is 11.3 Å². The summed E-state index contributed by atoms with van der Waals surface area (Å²) in [6, 6.07) is 6.35. The number of amides is 3. The fourth-order valence-corrected chi connectivity index (χ4v) is 1.81. The van der Waals surface area contributed by atoms with Crippen molar-refractivity contribution in [3.63, 3.8) is 0 Å². The Hall–Kier alpha value is -2.83. The summed E-state index contributed by atoms with van der Waals surface area (Å²) in [6.07, 6.45) is 1.51. The van der Waals surface area contributed by atoms with Crippen LogP contribution in [0.15, 0.2) is 30.0 Å². The first-order valence-electron chi connectivity index (χ1n) is 6.10.